The Balaban J connectivity index is 1.48. The Kier molecular flexibility index (Phi) is 6.86. The Bertz CT molecular complexity index is 998. The fourth-order valence-corrected chi connectivity index (χ4v) is 3.64. The molecule has 0 bridgehead atoms. The fraction of sp³-hybridized carbons (Fsp3) is 0.292. The predicted octanol–water partition coefficient (Wildman–Crippen LogP) is 3.51. The van der Waals surface area contributed by atoms with Gasteiger partial charge >= 0.3 is 5.97 Å². The zero-order valence-corrected chi connectivity index (χ0v) is 17.2. The van der Waals surface area contributed by atoms with Gasteiger partial charge in [-0.05, 0) is 6.42 Å². The average Bonchev–Trinajstić information content (AvgIpc) is 3.28. The molecule has 160 valence electrons. The van der Waals surface area contributed by atoms with Crippen molar-refractivity contribution < 1.29 is 19.4 Å². The Hall–Kier alpha value is -3.29. The van der Waals surface area contributed by atoms with Crippen molar-refractivity contribution in [3.8, 4) is 22.5 Å². The first-order valence-corrected chi connectivity index (χ1v) is 10.3. The van der Waals surface area contributed by atoms with Crippen LogP contribution in [0.5, 0.6) is 0 Å². The Morgan fingerprint density at radius 3 is 2.35 bits per heavy atom. The summed E-state index contributed by atoms with van der Waals surface area (Å²) in [5.74, 6) is -0.148. The quantitative estimate of drug-likeness (QED) is 0.531. The largest absolute Gasteiger partial charge is 0.480 e. The van der Waals surface area contributed by atoms with E-state index in [2.05, 4.69) is 4.90 Å². The maximum Gasteiger partial charge on any atom is 0.329 e. The van der Waals surface area contributed by atoms with E-state index in [0.29, 0.717) is 13.2 Å². The Labute approximate surface area is 181 Å². The van der Waals surface area contributed by atoms with Crippen molar-refractivity contribution in [1.29, 1.82) is 0 Å². The van der Waals surface area contributed by atoms with E-state index >= 15 is 0 Å². The first kappa shape index (κ1) is 21.0. The normalized spacial score (nSPS) is 15.9. The van der Waals surface area contributed by atoms with Crippen LogP contribution in [0.25, 0.3) is 22.5 Å². The van der Waals surface area contributed by atoms with Crippen LogP contribution < -0.4 is 4.90 Å². The van der Waals surface area contributed by atoms with Gasteiger partial charge in [0.05, 0.1) is 36.9 Å². The Morgan fingerprint density at radius 2 is 1.68 bits per heavy atom. The number of aliphatic carboxylic acids is 1. The van der Waals surface area contributed by atoms with Gasteiger partial charge in [0.25, 0.3) is 0 Å². The molecule has 4 rings (SSSR count). The third-order valence-corrected chi connectivity index (χ3v) is 5.13. The van der Waals surface area contributed by atoms with Gasteiger partial charge in [-0.2, -0.15) is 0 Å². The zero-order chi connectivity index (χ0) is 21.5. The summed E-state index contributed by atoms with van der Waals surface area (Å²) in [6.45, 7) is 1.89. The molecule has 3 aromatic rings. The molecule has 1 aliphatic heterocycles. The van der Waals surface area contributed by atoms with Crippen LogP contribution in [0.4, 0.5) is 5.82 Å². The SMILES string of the molecule is O=C(O)COCCO[C@@H]1CCN(c2cnc(-c3ccccc3)c(-c3ccccc3)n2)C1. The molecular formula is C24H25N3O4. The standard InChI is InChI=1S/C24H25N3O4/c28-22(29)17-30-13-14-31-20-11-12-27(16-20)21-15-25-23(18-7-3-1-4-8-18)24(26-21)19-9-5-2-6-10-19/h1-10,15,20H,11-14,16-17H2,(H,28,29)/t20-/m1/s1. The predicted molar refractivity (Wildman–Crippen MR) is 118 cm³/mol. The lowest BCUT2D eigenvalue weighted by Crippen LogP contribution is -2.25. The number of nitrogens with zero attached hydrogens (tertiary/aromatic N) is 3. The molecule has 0 saturated carbocycles. The van der Waals surface area contributed by atoms with Gasteiger partial charge in [0.2, 0.25) is 0 Å². The smallest absolute Gasteiger partial charge is 0.329 e. The highest BCUT2D eigenvalue weighted by molar-refractivity contribution is 5.78. The second-order valence-corrected chi connectivity index (χ2v) is 7.33. The zero-order valence-electron chi connectivity index (χ0n) is 17.2. The third-order valence-electron chi connectivity index (χ3n) is 5.13. The summed E-state index contributed by atoms with van der Waals surface area (Å²) in [7, 11) is 0. The van der Waals surface area contributed by atoms with E-state index in [9.17, 15) is 4.79 Å². The lowest BCUT2D eigenvalue weighted by Gasteiger charge is -2.19. The monoisotopic (exact) mass is 419 g/mol. The van der Waals surface area contributed by atoms with Gasteiger partial charge in [-0.15, -0.1) is 0 Å². The second kappa shape index (κ2) is 10.1. The number of hydrogen-bond donors (Lipinski definition) is 1. The van der Waals surface area contributed by atoms with E-state index in [1.54, 1.807) is 0 Å². The number of hydrogen-bond acceptors (Lipinski definition) is 6. The van der Waals surface area contributed by atoms with Gasteiger partial charge in [-0.3, -0.25) is 4.98 Å². The molecule has 7 heteroatoms. The molecule has 2 heterocycles. The van der Waals surface area contributed by atoms with Crippen LogP contribution in [-0.2, 0) is 14.3 Å². The molecule has 1 fully saturated rings. The van der Waals surface area contributed by atoms with Crippen molar-refractivity contribution >= 4 is 11.8 Å². The molecule has 1 N–H and O–H groups in total. The summed E-state index contributed by atoms with van der Waals surface area (Å²) < 4.78 is 10.9. The summed E-state index contributed by atoms with van der Waals surface area (Å²) in [4.78, 5) is 22.4. The van der Waals surface area contributed by atoms with Crippen LogP contribution in [-0.4, -0.2) is 60.1 Å². The van der Waals surface area contributed by atoms with Crippen molar-refractivity contribution in [3.63, 3.8) is 0 Å². The van der Waals surface area contributed by atoms with E-state index in [-0.39, 0.29) is 19.3 Å². The molecular weight excluding hydrogens is 394 g/mol. The van der Waals surface area contributed by atoms with E-state index in [4.69, 9.17) is 24.5 Å². The number of aromatic nitrogens is 2. The molecule has 2 aromatic carbocycles. The van der Waals surface area contributed by atoms with Gasteiger partial charge in [0, 0.05) is 24.2 Å². The molecule has 7 nitrogen and oxygen atoms in total. The molecule has 1 atom stereocenters. The van der Waals surface area contributed by atoms with Gasteiger partial charge < -0.3 is 19.5 Å². The van der Waals surface area contributed by atoms with Crippen molar-refractivity contribution in [2.45, 2.75) is 12.5 Å². The van der Waals surface area contributed by atoms with Crippen LogP contribution >= 0.6 is 0 Å². The molecule has 0 unspecified atom stereocenters. The molecule has 0 spiro atoms. The lowest BCUT2D eigenvalue weighted by atomic mass is 10.0. The molecule has 0 aliphatic carbocycles. The summed E-state index contributed by atoms with van der Waals surface area (Å²) in [6.07, 6.45) is 2.76. The van der Waals surface area contributed by atoms with Crippen LogP contribution in [0.15, 0.2) is 66.9 Å². The second-order valence-electron chi connectivity index (χ2n) is 7.33. The topological polar surface area (TPSA) is 84.8 Å². The molecule has 31 heavy (non-hydrogen) atoms. The molecule has 0 radical (unpaired) electrons. The molecule has 1 aliphatic rings. The van der Waals surface area contributed by atoms with E-state index < -0.39 is 5.97 Å². The minimum atomic E-state index is -0.973. The van der Waals surface area contributed by atoms with Gasteiger partial charge in [0.15, 0.2) is 0 Å². The van der Waals surface area contributed by atoms with Crippen LogP contribution in [0.2, 0.25) is 0 Å². The van der Waals surface area contributed by atoms with E-state index in [0.717, 1.165) is 41.3 Å². The maximum atomic E-state index is 10.5. The lowest BCUT2D eigenvalue weighted by molar-refractivity contribution is -0.142. The number of rotatable bonds is 9. The minimum Gasteiger partial charge on any atom is -0.480 e. The van der Waals surface area contributed by atoms with Gasteiger partial charge in [-0.25, -0.2) is 9.78 Å². The summed E-state index contributed by atoms with van der Waals surface area (Å²) in [6, 6.07) is 20.2. The maximum absolute atomic E-state index is 10.5. The molecule has 1 saturated heterocycles. The van der Waals surface area contributed by atoms with Crippen molar-refractivity contribution in [1.82, 2.24) is 9.97 Å². The van der Waals surface area contributed by atoms with Gasteiger partial charge in [-0.1, -0.05) is 60.7 Å². The van der Waals surface area contributed by atoms with E-state index in [1.807, 2.05) is 66.9 Å². The van der Waals surface area contributed by atoms with Gasteiger partial charge in [0.1, 0.15) is 12.4 Å². The first-order valence-electron chi connectivity index (χ1n) is 10.3. The van der Waals surface area contributed by atoms with Crippen molar-refractivity contribution in [3.05, 3.63) is 66.9 Å². The summed E-state index contributed by atoms with van der Waals surface area (Å²) in [5, 5.41) is 8.60. The number of anilines is 1. The highest BCUT2D eigenvalue weighted by atomic mass is 16.5. The van der Waals surface area contributed by atoms with Crippen LogP contribution in [0, 0.1) is 0 Å². The molecule has 1 aromatic heterocycles. The summed E-state index contributed by atoms with van der Waals surface area (Å²) >= 11 is 0. The fourth-order valence-electron chi connectivity index (χ4n) is 3.64. The number of benzene rings is 2. The van der Waals surface area contributed by atoms with Crippen molar-refractivity contribution in [2.75, 3.05) is 37.8 Å². The Morgan fingerprint density at radius 1 is 1.00 bits per heavy atom. The molecule has 0 amide bonds. The minimum absolute atomic E-state index is 0.0594. The van der Waals surface area contributed by atoms with Crippen LogP contribution in [0.1, 0.15) is 6.42 Å². The number of carboxylic acid groups (broad SMARTS) is 1. The summed E-state index contributed by atoms with van der Waals surface area (Å²) in [5.41, 5.74) is 3.77. The first-order chi connectivity index (χ1) is 15.2. The highest BCUT2D eigenvalue weighted by Crippen LogP contribution is 2.31. The van der Waals surface area contributed by atoms with Crippen molar-refractivity contribution in [2.24, 2.45) is 0 Å². The number of ether oxygens (including phenoxy) is 2. The third kappa shape index (κ3) is 5.45. The number of carboxylic acids is 1. The number of carbonyl (C=O) groups is 1. The van der Waals surface area contributed by atoms with Crippen LogP contribution in [0.3, 0.4) is 0 Å². The highest BCUT2D eigenvalue weighted by Gasteiger charge is 2.25. The van der Waals surface area contributed by atoms with E-state index in [1.165, 1.54) is 0 Å². The average molecular weight is 419 g/mol.